The third kappa shape index (κ3) is 5.39. The molecule has 2 heterocycles. The van der Waals surface area contributed by atoms with Crippen LogP contribution >= 0.6 is 0 Å². The molecular weight excluding hydrogens is 444 g/mol. The van der Waals surface area contributed by atoms with Gasteiger partial charge in [0.25, 0.3) is 0 Å². The number of rotatable bonds is 10. The van der Waals surface area contributed by atoms with Gasteiger partial charge in [0, 0.05) is 16.6 Å². The van der Waals surface area contributed by atoms with E-state index < -0.39 is 29.6 Å². The predicted octanol–water partition coefficient (Wildman–Crippen LogP) is 5.13. The minimum atomic E-state index is -0.550. The van der Waals surface area contributed by atoms with Gasteiger partial charge in [-0.1, -0.05) is 75.5 Å². The molecule has 0 aliphatic carbocycles. The molecule has 6 heteroatoms. The van der Waals surface area contributed by atoms with E-state index in [0.29, 0.717) is 24.4 Å². The Labute approximate surface area is 206 Å². The van der Waals surface area contributed by atoms with E-state index in [1.807, 2.05) is 48.5 Å². The van der Waals surface area contributed by atoms with Gasteiger partial charge >= 0.3 is 11.9 Å². The summed E-state index contributed by atoms with van der Waals surface area (Å²) in [6.45, 7) is 16.0. The van der Waals surface area contributed by atoms with Gasteiger partial charge in [0.2, 0.25) is 0 Å². The minimum Gasteiger partial charge on any atom is -0.451 e. The summed E-state index contributed by atoms with van der Waals surface area (Å²) in [6, 6.07) is 15.8. The molecule has 2 aromatic rings. The second-order valence-corrected chi connectivity index (χ2v) is 9.76. The zero-order valence-electron chi connectivity index (χ0n) is 20.7. The van der Waals surface area contributed by atoms with Crippen LogP contribution in [0.2, 0.25) is 0 Å². The lowest BCUT2D eigenvalue weighted by Crippen LogP contribution is -2.28. The predicted molar refractivity (Wildman–Crippen MR) is 132 cm³/mol. The molecule has 184 valence electrons. The molecule has 0 aromatic heterocycles. The van der Waals surface area contributed by atoms with Crippen molar-refractivity contribution in [2.75, 3.05) is 13.2 Å². The summed E-state index contributed by atoms with van der Waals surface area (Å²) in [5.74, 6) is -0.896. The van der Waals surface area contributed by atoms with Crippen molar-refractivity contribution in [3.63, 3.8) is 0 Å². The van der Waals surface area contributed by atoms with E-state index in [9.17, 15) is 9.59 Å². The van der Waals surface area contributed by atoms with Crippen LogP contribution in [0.4, 0.5) is 0 Å². The van der Waals surface area contributed by atoms with E-state index in [0.717, 1.165) is 22.3 Å². The molecule has 0 N–H and O–H groups in total. The molecule has 0 spiro atoms. The number of carbonyl (C=O) groups is 2. The first kappa shape index (κ1) is 24.9. The lowest BCUT2D eigenvalue weighted by atomic mass is 9.72. The Kier molecular flexibility index (Phi) is 6.97. The van der Waals surface area contributed by atoms with E-state index >= 15 is 0 Å². The van der Waals surface area contributed by atoms with Crippen LogP contribution in [0.5, 0.6) is 0 Å². The number of esters is 2. The van der Waals surface area contributed by atoms with Crippen molar-refractivity contribution in [1.82, 2.24) is 0 Å². The quantitative estimate of drug-likeness (QED) is 0.269. The van der Waals surface area contributed by atoms with E-state index in [-0.39, 0.29) is 12.2 Å². The molecule has 0 bridgehead atoms. The maximum absolute atomic E-state index is 12.4. The number of epoxide rings is 2. The Bertz CT molecular complexity index is 1070. The van der Waals surface area contributed by atoms with E-state index in [4.69, 9.17) is 18.9 Å². The van der Waals surface area contributed by atoms with Gasteiger partial charge in [-0.25, -0.2) is 9.59 Å². The second kappa shape index (κ2) is 9.80. The van der Waals surface area contributed by atoms with Crippen LogP contribution < -0.4 is 0 Å². The summed E-state index contributed by atoms with van der Waals surface area (Å²) in [5, 5.41) is 0. The third-order valence-corrected chi connectivity index (χ3v) is 6.44. The van der Waals surface area contributed by atoms with Crippen molar-refractivity contribution in [3.05, 3.63) is 95.1 Å². The highest BCUT2D eigenvalue weighted by molar-refractivity contribution is 5.87. The molecule has 4 unspecified atom stereocenters. The highest BCUT2D eigenvalue weighted by Gasteiger charge is 2.43. The fourth-order valence-electron chi connectivity index (χ4n) is 4.35. The molecule has 4 atom stereocenters. The van der Waals surface area contributed by atoms with E-state index in [1.165, 1.54) is 0 Å². The smallest absolute Gasteiger partial charge is 0.333 e. The van der Waals surface area contributed by atoms with Crippen molar-refractivity contribution in [2.24, 2.45) is 0 Å². The fraction of sp³-hybridized carbons (Fsp3) is 0.379. The number of ether oxygens (including phenoxy) is 4. The van der Waals surface area contributed by atoms with Crippen LogP contribution in [0.1, 0.15) is 62.2 Å². The standard InChI is InChI=1S/C29H32O6/c1-17(2)27(30)34-25(23-15-32-23)19-11-7-9-13-21(19)29(5,6)22-14-10-8-12-20(22)26(24-16-33-24)35-28(31)18(3)4/h7-14,23-26H,1,3,15-16H2,2,4-6H3. The topological polar surface area (TPSA) is 77.7 Å². The molecule has 0 amide bonds. The van der Waals surface area contributed by atoms with Gasteiger partial charge in [-0.05, 0) is 36.1 Å². The van der Waals surface area contributed by atoms with Crippen LogP contribution in [-0.4, -0.2) is 37.4 Å². The van der Waals surface area contributed by atoms with Gasteiger partial charge < -0.3 is 18.9 Å². The molecule has 2 aliphatic heterocycles. The molecule has 0 saturated carbocycles. The zero-order valence-corrected chi connectivity index (χ0v) is 20.7. The summed E-state index contributed by atoms with van der Waals surface area (Å²) in [7, 11) is 0. The van der Waals surface area contributed by atoms with Crippen molar-refractivity contribution >= 4 is 11.9 Å². The SMILES string of the molecule is C=C(C)C(=O)OC(c1ccccc1C(C)(C)c1ccccc1C(OC(=O)C(=C)C)C1CO1)C1CO1. The van der Waals surface area contributed by atoms with Gasteiger partial charge in [0.1, 0.15) is 12.2 Å². The van der Waals surface area contributed by atoms with Crippen LogP contribution in [-0.2, 0) is 34.0 Å². The normalized spacial score (nSPS) is 20.3. The van der Waals surface area contributed by atoms with Gasteiger partial charge in [-0.15, -0.1) is 0 Å². The van der Waals surface area contributed by atoms with Gasteiger partial charge in [0.15, 0.2) is 12.2 Å². The van der Waals surface area contributed by atoms with Gasteiger partial charge in [0.05, 0.1) is 13.2 Å². The minimum absolute atomic E-state index is 0.199. The lowest BCUT2D eigenvalue weighted by molar-refractivity contribution is -0.146. The lowest BCUT2D eigenvalue weighted by Gasteiger charge is -2.33. The summed E-state index contributed by atoms with van der Waals surface area (Å²) in [6.07, 6.45) is -1.50. The number of hydrogen-bond acceptors (Lipinski definition) is 6. The van der Waals surface area contributed by atoms with Crippen LogP contribution in [0, 0.1) is 0 Å². The van der Waals surface area contributed by atoms with E-state index in [1.54, 1.807) is 13.8 Å². The van der Waals surface area contributed by atoms with Crippen molar-refractivity contribution < 1.29 is 28.5 Å². The van der Waals surface area contributed by atoms with E-state index in [2.05, 4.69) is 27.0 Å². The van der Waals surface area contributed by atoms with Crippen molar-refractivity contribution in [2.45, 2.75) is 57.5 Å². The molecule has 2 aromatic carbocycles. The van der Waals surface area contributed by atoms with Crippen molar-refractivity contribution in [1.29, 1.82) is 0 Å². The monoisotopic (exact) mass is 476 g/mol. The Morgan fingerprint density at radius 2 is 1.14 bits per heavy atom. The summed E-state index contributed by atoms with van der Waals surface area (Å²) in [5.41, 5.74) is 3.88. The first-order valence-electron chi connectivity index (χ1n) is 11.8. The highest BCUT2D eigenvalue weighted by Crippen LogP contribution is 2.44. The molecule has 2 aliphatic rings. The second-order valence-electron chi connectivity index (χ2n) is 9.76. The Balaban J connectivity index is 1.76. The number of carbonyl (C=O) groups excluding carboxylic acids is 2. The molecule has 6 nitrogen and oxygen atoms in total. The Hall–Kier alpha value is -3.22. The average molecular weight is 477 g/mol. The molecule has 2 fully saturated rings. The summed E-state index contributed by atoms with van der Waals surface area (Å²) < 4.78 is 22.8. The summed E-state index contributed by atoms with van der Waals surface area (Å²) >= 11 is 0. The maximum atomic E-state index is 12.4. The van der Waals surface area contributed by atoms with Crippen LogP contribution in [0.3, 0.4) is 0 Å². The first-order valence-corrected chi connectivity index (χ1v) is 11.8. The first-order chi connectivity index (χ1) is 16.6. The largest absolute Gasteiger partial charge is 0.451 e. The number of hydrogen-bond donors (Lipinski definition) is 0. The number of benzene rings is 2. The molecule has 2 saturated heterocycles. The fourth-order valence-corrected chi connectivity index (χ4v) is 4.35. The highest BCUT2D eigenvalue weighted by atomic mass is 16.6. The van der Waals surface area contributed by atoms with Gasteiger partial charge in [-0.3, -0.25) is 0 Å². The maximum Gasteiger partial charge on any atom is 0.333 e. The Morgan fingerprint density at radius 1 is 0.800 bits per heavy atom. The van der Waals surface area contributed by atoms with Crippen LogP contribution in [0.25, 0.3) is 0 Å². The Morgan fingerprint density at radius 3 is 1.46 bits per heavy atom. The summed E-state index contributed by atoms with van der Waals surface area (Å²) in [4.78, 5) is 24.9. The average Bonchev–Trinajstić information content (AvgIpc) is 3.74. The van der Waals surface area contributed by atoms with Gasteiger partial charge in [-0.2, -0.15) is 0 Å². The molecule has 4 rings (SSSR count). The van der Waals surface area contributed by atoms with Crippen LogP contribution in [0.15, 0.2) is 72.8 Å². The zero-order chi connectivity index (χ0) is 25.3. The molecular formula is C29H32O6. The molecule has 35 heavy (non-hydrogen) atoms. The third-order valence-electron chi connectivity index (χ3n) is 6.44. The molecule has 0 radical (unpaired) electrons. The van der Waals surface area contributed by atoms with Crippen molar-refractivity contribution in [3.8, 4) is 0 Å².